The van der Waals surface area contributed by atoms with E-state index in [9.17, 15) is 20.1 Å². The number of aliphatic hydroxyl groups is 3. The Bertz CT molecular complexity index is 616. The number of allylic oxidation sites excluding steroid dienone is 2. The predicted molar refractivity (Wildman–Crippen MR) is 104 cm³/mol. The zero-order valence-electron chi connectivity index (χ0n) is 15.4. The third-order valence-corrected chi connectivity index (χ3v) is 5.78. The monoisotopic (exact) mass is 395 g/mol. The molecule has 0 amide bonds. The molecule has 0 radical (unpaired) electrons. The number of nitrogens with zero attached hydrogens (tertiary/aromatic N) is 1. The molecule has 0 spiro atoms. The van der Waals surface area contributed by atoms with Crippen molar-refractivity contribution in [3.05, 3.63) is 40.9 Å². The summed E-state index contributed by atoms with van der Waals surface area (Å²) in [4.78, 5) is 14.7. The standard InChI is InChI=1S/C20H29NO5S/c22-14(8-10-19-21-11-12-27-19)7-9-16-15(17(23)13-18(16)24)5-3-1-2-4-6-20(25)26/h1,3,7,9,11-12,14-18,22-24H,2,4-6,8,10,13H2,(H,25,26)/b3-1+,9-7+. The second-order valence-corrected chi connectivity index (χ2v) is 8.00. The van der Waals surface area contributed by atoms with Gasteiger partial charge in [0.25, 0.3) is 0 Å². The van der Waals surface area contributed by atoms with Gasteiger partial charge in [-0.25, -0.2) is 4.98 Å². The molecule has 1 aromatic rings. The topological polar surface area (TPSA) is 111 Å². The van der Waals surface area contributed by atoms with Gasteiger partial charge in [0.15, 0.2) is 0 Å². The molecule has 0 aromatic carbocycles. The SMILES string of the molecule is O=C(O)CCC/C=C/CC1C(O)CC(O)C1/C=C/C(O)CCc1nccs1. The molecule has 1 aliphatic rings. The van der Waals surface area contributed by atoms with Crippen LogP contribution in [0, 0.1) is 11.8 Å². The van der Waals surface area contributed by atoms with Gasteiger partial charge in [-0.2, -0.15) is 0 Å². The van der Waals surface area contributed by atoms with Crippen LogP contribution in [0.1, 0.15) is 43.5 Å². The van der Waals surface area contributed by atoms with Gasteiger partial charge in [-0.1, -0.05) is 24.3 Å². The van der Waals surface area contributed by atoms with Crippen LogP contribution in [0.15, 0.2) is 35.9 Å². The lowest BCUT2D eigenvalue weighted by Crippen LogP contribution is -2.20. The Morgan fingerprint density at radius 2 is 2.15 bits per heavy atom. The number of aliphatic carboxylic acids is 1. The van der Waals surface area contributed by atoms with E-state index in [0.29, 0.717) is 38.5 Å². The summed E-state index contributed by atoms with van der Waals surface area (Å²) in [5.74, 6) is -1.09. The van der Waals surface area contributed by atoms with Gasteiger partial charge >= 0.3 is 5.97 Å². The Kier molecular flexibility index (Phi) is 9.14. The van der Waals surface area contributed by atoms with E-state index in [0.717, 1.165) is 5.01 Å². The molecule has 1 heterocycles. The molecule has 1 aliphatic carbocycles. The maximum Gasteiger partial charge on any atom is 0.303 e. The fraction of sp³-hybridized carbons (Fsp3) is 0.600. The maximum absolute atomic E-state index is 10.5. The van der Waals surface area contributed by atoms with E-state index in [1.54, 1.807) is 23.6 Å². The number of carbonyl (C=O) groups is 1. The fourth-order valence-electron chi connectivity index (χ4n) is 3.45. The smallest absolute Gasteiger partial charge is 0.303 e. The van der Waals surface area contributed by atoms with Gasteiger partial charge in [0, 0.05) is 36.8 Å². The number of aryl methyl sites for hydroxylation is 1. The van der Waals surface area contributed by atoms with Crippen molar-refractivity contribution in [3.8, 4) is 0 Å². The van der Waals surface area contributed by atoms with Crippen LogP contribution in [0.5, 0.6) is 0 Å². The highest BCUT2D eigenvalue weighted by atomic mass is 32.1. The van der Waals surface area contributed by atoms with Crippen LogP contribution in [-0.2, 0) is 11.2 Å². The van der Waals surface area contributed by atoms with Crippen LogP contribution >= 0.6 is 11.3 Å². The number of hydrogen-bond acceptors (Lipinski definition) is 6. The third-order valence-electron chi connectivity index (χ3n) is 4.95. The van der Waals surface area contributed by atoms with Crippen molar-refractivity contribution >= 4 is 17.3 Å². The molecule has 150 valence electrons. The molecule has 5 unspecified atom stereocenters. The van der Waals surface area contributed by atoms with E-state index in [2.05, 4.69) is 4.98 Å². The van der Waals surface area contributed by atoms with Crippen molar-refractivity contribution in [3.63, 3.8) is 0 Å². The molecule has 2 rings (SSSR count). The number of hydrogen-bond donors (Lipinski definition) is 4. The second kappa shape index (κ2) is 11.3. The largest absolute Gasteiger partial charge is 0.481 e. The quantitative estimate of drug-likeness (QED) is 0.338. The summed E-state index contributed by atoms with van der Waals surface area (Å²) in [6, 6.07) is 0. The predicted octanol–water partition coefficient (Wildman–Crippen LogP) is 2.55. The van der Waals surface area contributed by atoms with E-state index in [4.69, 9.17) is 5.11 Å². The fourth-order valence-corrected chi connectivity index (χ4v) is 4.09. The first-order valence-corrected chi connectivity index (χ1v) is 10.3. The van der Waals surface area contributed by atoms with Crippen LogP contribution in [-0.4, -0.2) is 49.7 Å². The highest BCUT2D eigenvalue weighted by Crippen LogP contribution is 2.36. The number of carboxylic acid groups (broad SMARTS) is 1. The van der Waals surface area contributed by atoms with Crippen molar-refractivity contribution in [2.24, 2.45) is 11.8 Å². The van der Waals surface area contributed by atoms with Crippen LogP contribution in [0.3, 0.4) is 0 Å². The van der Waals surface area contributed by atoms with Crippen molar-refractivity contribution in [2.45, 2.75) is 63.3 Å². The summed E-state index contributed by atoms with van der Waals surface area (Å²) in [6.45, 7) is 0. The summed E-state index contributed by atoms with van der Waals surface area (Å²) in [5.41, 5.74) is 0. The Balaban J connectivity index is 1.81. The Labute approximate surface area is 163 Å². The van der Waals surface area contributed by atoms with Gasteiger partial charge in [-0.3, -0.25) is 4.79 Å². The first-order chi connectivity index (χ1) is 13.0. The molecule has 5 atom stereocenters. The average molecular weight is 396 g/mol. The van der Waals surface area contributed by atoms with Crippen LogP contribution in [0.4, 0.5) is 0 Å². The first kappa shape index (κ1) is 21.8. The zero-order chi connectivity index (χ0) is 19.6. The molecule has 6 nitrogen and oxygen atoms in total. The number of aliphatic hydroxyl groups excluding tert-OH is 3. The van der Waals surface area contributed by atoms with Crippen molar-refractivity contribution in [1.82, 2.24) is 4.98 Å². The van der Waals surface area contributed by atoms with Crippen molar-refractivity contribution in [1.29, 1.82) is 0 Å². The number of unbranched alkanes of at least 4 members (excludes halogenated alkanes) is 1. The van der Waals surface area contributed by atoms with Crippen molar-refractivity contribution < 1.29 is 25.2 Å². The lowest BCUT2D eigenvalue weighted by molar-refractivity contribution is -0.137. The molecular formula is C20H29NO5S. The average Bonchev–Trinajstić information content (AvgIpc) is 3.22. The second-order valence-electron chi connectivity index (χ2n) is 7.02. The van der Waals surface area contributed by atoms with Gasteiger partial charge in [0.1, 0.15) is 0 Å². The molecule has 7 heteroatoms. The van der Waals surface area contributed by atoms with E-state index in [1.165, 1.54) is 0 Å². The normalized spacial score (nSPS) is 26.9. The van der Waals surface area contributed by atoms with Crippen LogP contribution < -0.4 is 0 Å². The van der Waals surface area contributed by atoms with Crippen LogP contribution in [0.2, 0.25) is 0 Å². The molecule has 1 fully saturated rings. The molecule has 0 aliphatic heterocycles. The zero-order valence-corrected chi connectivity index (χ0v) is 16.2. The summed E-state index contributed by atoms with van der Waals surface area (Å²) >= 11 is 1.57. The van der Waals surface area contributed by atoms with Crippen LogP contribution in [0.25, 0.3) is 0 Å². The van der Waals surface area contributed by atoms with E-state index >= 15 is 0 Å². The highest BCUT2D eigenvalue weighted by molar-refractivity contribution is 7.09. The van der Waals surface area contributed by atoms with Gasteiger partial charge in [-0.15, -0.1) is 11.3 Å². The molecular weight excluding hydrogens is 366 g/mol. The Morgan fingerprint density at radius 3 is 2.85 bits per heavy atom. The third kappa shape index (κ3) is 7.54. The van der Waals surface area contributed by atoms with Gasteiger partial charge in [0.05, 0.1) is 23.3 Å². The van der Waals surface area contributed by atoms with Gasteiger partial charge in [-0.05, 0) is 31.6 Å². The van der Waals surface area contributed by atoms with E-state index in [-0.39, 0.29) is 18.3 Å². The maximum atomic E-state index is 10.5. The number of carboxylic acids is 1. The van der Waals surface area contributed by atoms with Gasteiger partial charge < -0.3 is 20.4 Å². The minimum Gasteiger partial charge on any atom is -0.481 e. The number of thiazole rings is 1. The highest BCUT2D eigenvalue weighted by Gasteiger charge is 2.39. The summed E-state index contributed by atoms with van der Waals surface area (Å²) in [5, 5.41) is 42.1. The minimum absolute atomic E-state index is 0.0989. The van der Waals surface area contributed by atoms with E-state index in [1.807, 2.05) is 23.6 Å². The number of aromatic nitrogens is 1. The lowest BCUT2D eigenvalue weighted by atomic mass is 9.89. The molecule has 4 N–H and O–H groups in total. The molecule has 0 saturated heterocycles. The molecule has 27 heavy (non-hydrogen) atoms. The first-order valence-electron chi connectivity index (χ1n) is 9.45. The Morgan fingerprint density at radius 1 is 1.33 bits per heavy atom. The van der Waals surface area contributed by atoms with Gasteiger partial charge in [0.2, 0.25) is 0 Å². The Hall–Kier alpha value is -1.54. The van der Waals surface area contributed by atoms with E-state index < -0.39 is 24.3 Å². The number of rotatable bonds is 11. The molecule has 1 aromatic heterocycles. The summed E-state index contributed by atoms with van der Waals surface area (Å²) in [6.07, 6.45) is 11.0. The summed E-state index contributed by atoms with van der Waals surface area (Å²) in [7, 11) is 0. The summed E-state index contributed by atoms with van der Waals surface area (Å²) < 4.78 is 0. The van der Waals surface area contributed by atoms with Crippen molar-refractivity contribution in [2.75, 3.05) is 0 Å². The lowest BCUT2D eigenvalue weighted by Gasteiger charge is -2.19. The molecule has 1 saturated carbocycles. The molecule has 0 bridgehead atoms. The minimum atomic E-state index is -0.795.